The molecule has 1 amide bonds. The zero-order valence-electron chi connectivity index (χ0n) is 13.5. The molecule has 0 fully saturated rings. The zero-order valence-corrected chi connectivity index (χ0v) is 15.6. The lowest BCUT2D eigenvalue weighted by molar-refractivity contribution is -0.384. The van der Waals surface area contributed by atoms with E-state index in [0.29, 0.717) is 9.99 Å². The highest BCUT2D eigenvalue weighted by atomic mass is 127. The maximum atomic E-state index is 11.2. The molecule has 0 spiro atoms. The number of pyridine rings is 1. The van der Waals surface area contributed by atoms with Crippen LogP contribution >= 0.6 is 22.6 Å². The number of nitrogens with zero attached hydrogens (tertiary/aromatic N) is 3. The Hall–Kier alpha value is -2.83. The van der Waals surface area contributed by atoms with E-state index in [1.165, 1.54) is 25.1 Å². The Balaban J connectivity index is 2.09. The predicted molar refractivity (Wildman–Crippen MR) is 100 cm³/mol. The number of carbonyl (C=O) groups excluding carboxylic acids is 1. The van der Waals surface area contributed by atoms with Crippen molar-refractivity contribution < 1.29 is 19.4 Å². The molecule has 2 aromatic rings. The van der Waals surface area contributed by atoms with Crippen molar-refractivity contribution in [3.63, 3.8) is 0 Å². The van der Waals surface area contributed by atoms with Crippen molar-refractivity contribution in [2.45, 2.75) is 13.3 Å². The van der Waals surface area contributed by atoms with Crippen LogP contribution in [0, 0.1) is 23.8 Å². The first-order chi connectivity index (χ1) is 12.3. The molecule has 10 nitrogen and oxygen atoms in total. The van der Waals surface area contributed by atoms with Crippen molar-refractivity contribution in [2.24, 2.45) is 0 Å². The summed E-state index contributed by atoms with van der Waals surface area (Å²) in [6.07, 6.45) is 0.461. The van der Waals surface area contributed by atoms with E-state index in [9.17, 15) is 25.0 Å². The van der Waals surface area contributed by atoms with E-state index in [4.69, 9.17) is 4.74 Å². The minimum atomic E-state index is -0.638. The second-order valence-electron chi connectivity index (χ2n) is 5.10. The second kappa shape index (κ2) is 8.51. The van der Waals surface area contributed by atoms with Gasteiger partial charge in [-0.1, -0.05) is 12.1 Å². The van der Waals surface area contributed by atoms with Gasteiger partial charge < -0.3 is 10.1 Å². The molecule has 0 unspecified atom stereocenters. The molecule has 1 heterocycles. The molecule has 1 aromatic heterocycles. The van der Waals surface area contributed by atoms with Gasteiger partial charge in [0.1, 0.15) is 0 Å². The van der Waals surface area contributed by atoms with Crippen LogP contribution in [-0.2, 0) is 11.2 Å². The van der Waals surface area contributed by atoms with Gasteiger partial charge in [-0.25, -0.2) is 0 Å². The van der Waals surface area contributed by atoms with Gasteiger partial charge >= 0.3 is 5.69 Å². The molecule has 0 atom stereocenters. The Morgan fingerprint density at radius 1 is 1.23 bits per heavy atom. The number of hydrogen-bond acceptors (Lipinski definition) is 7. The van der Waals surface area contributed by atoms with Crippen LogP contribution in [0.3, 0.4) is 0 Å². The Labute approximate surface area is 161 Å². The number of nitro benzene ring substituents is 1. The zero-order chi connectivity index (χ0) is 19.3. The molecule has 0 bridgehead atoms. The number of benzene rings is 1. The number of nitrogens with one attached hydrogen (secondary N) is 1. The van der Waals surface area contributed by atoms with Crippen molar-refractivity contribution in [3.05, 3.63) is 59.7 Å². The lowest BCUT2D eigenvalue weighted by atomic mass is 10.1. The van der Waals surface area contributed by atoms with Gasteiger partial charge in [0.15, 0.2) is 0 Å². The van der Waals surface area contributed by atoms with Gasteiger partial charge in [0.25, 0.3) is 5.69 Å². The summed E-state index contributed by atoms with van der Waals surface area (Å²) >= 11 is 1.86. The summed E-state index contributed by atoms with van der Waals surface area (Å²) < 4.78 is 5.97. The molecule has 0 saturated carbocycles. The first-order valence-corrected chi connectivity index (χ1v) is 8.34. The van der Waals surface area contributed by atoms with Gasteiger partial charge in [-0.15, -0.1) is 0 Å². The summed E-state index contributed by atoms with van der Waals surface area (Å²) in [5.41, 5.74) is 0.503. The monoisotopic (exact) mass is 472 g/mol. The fourth-order valence-corrected chi connectivity index (χ4v) is 2.58. The van der Waals surface area contributed by atoms with Gasteiger partial charge in [-0.05, 0) is 28.2 Å². The molecule has 1 N–H and O–H groups in total. The molecule has 0 saturated heterocycles. The summed E-state index contributed by atoms with van der Waals surface area (Å²) in [6.45, 7) is 1.43. The standard InChI is InChI=1S/C15H13IN4O6/c1-9(21)17-14-13(20(24)25)8-12(16)15(18-14)26-7-6-10-2-4-11(5-3-10)19(22)23/h2-5,8H,6-7H2,1H3,(H,17,18,21). The van der Waals surface area contributed by atoms with Crippen LogP contribution < -0.4 is 10.1 Å². The van der Waals surface area contributed by atoms with Crippen LogP contribution in [0.15, 0.2) is 30.3 Å². The topological polar surface area (TPSA) is 138 Å². The molecule has 11 heteroatoms. The molecule has 0 aliphatic rings. The van der Waals surface area contributed by atoms with Crippen LogP contribution in [0.25, 0.3) is 0 Å². The number of nitro groups is 2. The normalized spacial score (nSPS) is 10.2. The van der Waals surface area contributed by atoms with Crippen LogP contribution in [0.1, 0.15) is 12.5 Å². The minimum absolute atomic E-state index is 0.00111. The molecule has 26 heavy (non-hydrogen) atoms. The van der Waals surface area contributed by atoms with Crippen molar-refractivity contribution in [2.75, 3.05) is 11.9 Å². The minimum Gasteiger partial charge on any atom is -0.477 e. The van der Waals surface area contributed by atoms with E-state index in [0.717, 1.165) is 5.56 Å². The highest BCUT2D eigenvalue weighted by Crippen LogP contribution is 2.30. The highest BCUT2D eigenvalue weighted by Gasteiger charge is 2.21. The van der Waals surface area contributed by atoms with E-state index in [2.05, 4.69) is 10.3 Å². The van der Waals surface area contributed by atoms with Crippen LogP contribution in [0.2, 0.25) is 0 Å². The number of rotatable bonds is 7. The lowest BCUT2D eigenvalue weighted by Gasteiger charge is -2.10. The summed E-state index contributed by atoms with van der Waals surface area (Å²) in [6, 6.07) is 7.31. The molecular weight excluding hydrogens is 459 g/mol. The van der Waals surface area contributed by atoms with E-state index >= 15 is 0 Å². The SMILES string of the molecule is CC(=O)Nc1nc(OCCc2ccc([N+](=O)[O-])cc2)c(I)cc1[N+](=O)[O-]. The molecular formula is C15H13IN4O6. The van der Waals surface area contributed by atoms with E-state index < -0.39 is 15.8 Å². The lowest BCUT2D eigenvalue weighted by Crippen LogP contribution is -2.12. The Morgan fingerprint density at radius 2 is 1.88 bits per heavy atom. The van der Waals surface area contributed by atoms with E-state index in [1.54, 1.807) is 12.1 Å². The molecule has 136 valence electrons. The molecule has 2 rings (SSSR count). The van der Waals surface area contributed by atoms with E-state index in [1.807, 2.05) is 22.6 Å². The van der Waals surface area contributed by atoms with Gasteiger partial charge in [-0.2, -0.15) is 4.98 Å². The second-order valence-corrected chi connectivity index (χ2v) is 6.27. The fraction of sp³-hybridized carbons (Fsp3) is 0.200. The van der Waals surface area contributed by atoms with Crippen LogP contribution in [0.5, 0.6) is 5.88 Å². The number of amides is 1. The van der Waals surface area contributed by atoms with E-state index in [-0.39, 0.29) is 29.7 Å². The number of anilines is 1. The number of halogens is 1. The average Bonchev–Trinajstić information content (AvgIpc) is 2.57. The number of non-ortho nitro benzene ring substituents is 1. The van der Waals surface area contributed by atoms with Gasteiger partial charge in [0.2, 0.25) is 17.6 Å². The highest BCUT2D eigenvalue weighted by molar-refractivity contribution is 14.1. The first kappa shape index (κ1) is 19.5. The van der Waals surface area contributed by atoms with Crippen LogP contribution in [-0.4, -0.2) is 27.3 Å². The number of aromatic nitrogens is 1. The number of ether oxygens (including phenoxy) is 1. The number of carbonyl (C=O) groups is 1. The third-order valence-corrected chi connectivity index (χ3v) is 3.96. The third kappa shape index (κ3) is 5.08. The van der Waals surface area contributed by atoms with Crippen molar-refractivity contribution in [3.8, 4) is 5.88 Å². The molecule has 0 radical (unpaired) electrons. The van der Waals surface area contributed by atoms with Crippen LogP contribution in [0.4, 0.5) is 17.2 Å². The summed E-state index contributed by atoms with van der Waals surface area (Å²) in [5, 5.41) is 24.0. The fourth-order valence-electron chi connectivity index (χ4n) is 2.01. The molecule has 1 aromatic carbocycles. The maximum absolute atomic E-state index is 11.2. The summed E-state index contributed by atoms with van der Waals surface area (Å²) in [4.78, 5) is 35.8. The maximum Gasteiger partial charge on any atom is 0.313 e. The largest absolute Gasteiger partial charge is 0.477 e. The van der Waals surface area contributed by atoms with Gasteiger partial charge in [0.05, 0.1) is 20.0 Å². The predicted octanol–water partition coefficient (Wildman–Crippen LogP) is 3.08. The summed E-state index contributed by atoms with van der Waals surface area (Å²) in [5.74, 6) is -0.520. The first-order valence-electron chi connectivity index (χ1n) is 7.26. The Kier molecular flexibility index (Phi) is 6.38. The molecule has 0 aliphatic carbocycles. The van der Waals surface area contributed by atoms with Crippen molar-refractivity contribution in [1.82, 2.24) is 4.98 Å². The smallest absolute Gasteiger partial charge is 0.313 e. The quantitative estimate of drug-likeness (QED) is 0.371. The third-order valence-electron chi connectivity index (χ3n) is 3.19. The average molecular weight is 472 g/mol. The molecule has 0 aliphatic heterocycles. The van der Waals surface area contributed by atoms with Crippen molar-refractivity contribution >= 4 is 45.7 Å². The van der Waals surface area contributed by atoms with Gasteiger partial charge in [-0.3, -0.25) is 25.0 Å². The van der Waals surface area contributed by atoms with Crippen molar-refractivity contribution in [1.29, 1.82) is 0 Å². The Bertz CT molecular complexity index is 856. The number of hydrogen-bond donors (Lipinski definition) is 1. The summed E-state index contributed by atoms with van der Waals surface area (Å²) in [7, 11) is 0. The van der Waals surface area contributed by atoms with Gasteiger partial charge in [0, 0.05) is 31.5 Å². The Morgan fingerprint density at radius 3 is 2.42 bits per heavy atom.